The SMILES string of the molecule is C=C1CC2(CCC(C3CCC4CCC(O)CC4(O)C3)C2)C2OC2(C)CCC2C1CC2(C)C1CCC(C2CSSCc3ccccc3CCC(c3cccc4cocc34)CN=C(N)N2)C1. The summed E-state index contributed by atoms with van der Waals surface area (Å²) in [5, 5.41) is 28.5. The molecular weight excluding hydrogens is 831 g/mol. The molecule has 2 aliphatic heterocycles. The lowest BCUT2D eigenvalue weighted by Gasteiger charge is -2.58. The number of hydrogen-bond acceptors (Lipinski definition) is 9. The summed E-state index contributed by atoms with van der Waals surface area (Å²) >= 11 is 0. The average molecular weight is 906 g/mol. The zero-order valence-corrected chi connectivity index (χ0v) is 40.3. The molecule has 6 saturated carbocycles. The molecule has 7 nitrogen and oxygen atoms in total. The summed E-state index contributed by atoms with van der Waals surface area (Å²) in [4.78, 5) is 5.12. The fourth-order valence-electron chi connectivity index (χ4n) is 16.1. The van der Waals surface area contributed by atoms with Gasteiger partial charge in [0.25, 0.3) is 0 Å². The molecule has 9 heteroatoms. The second-order valence-electron chi connectivity index (χ2n) is 23.3. The van der Waals surface area contributed by atoms with Gasteiger partial charge in [-0.25, -0.2) is 0 Å². The molecule has 3 aromatic rings. The van der Waals surface area contributed by atoms with Crippen LogP contribution in [0, 0.1) is 52.3 Å². The van der Waals surface area contributed by atoms with Crippen LogP contribution in [-0.2, 0) is 16.9 Å². The van der Waals surface area contributed by atoms with Gasteiger partial charge in [0.1, 0.15) is 0 Å². The Hall–Kier alpha value is -2.43. The predicted octanol–water partition coefficient (Wildman–Crippen LogP) is 11.8. The fraction of sp³-hybridized carbons (Fsp3) is 0.691. The highest BCUT2D eigenvalue weighted by atomic mass is 33.1. The topological polar surface area (TPSA) is 117 Å². The number of nitrogens with one attached hydrogen (secondary N) is 1. The minimum atomic E-state index is -0.667. The maximum atomic E-state index is 11.8. The van der Waals surface area contributed by atoms with Crippen molar-refractivity contribution in [2.75, 3.05) is 12.3 Å². The molecule has 3 heterocycles. The van der Waals surface area contributed by atoms with Gasteiger partial charge in [0.15, 0.2) is 5.96 Å². The summed E-state index contributed by atoms with van der Waals surface area (Å²) < 4.78 is 12.6. The lowest BCUT2D eigenvalue weighted by Crippen LogP contribution is -2.51. The van der Waals surface area contributed by atoms with Crippen molar-refractivity contribution in [2.24, 2.45) is 63.0 Å². The van der Waals surface area contributed by atoms with Crippen LogP contribution in [0.4, 0.5) is 0 Å². The van der Waals surface area contributed by atoms with Gasteiger partial charge in [-0.05, 0) is 180 Å². The van der Waals surface area contributed by atoms with Crippen molar-refractivity contribution in [2.45, 2.75) is 171 Å². The fourth-order valence-corrected chi connectivity index (χ4v) is 18.6. The number of aliphatic hydroxyl groups excluding tert-OH is 1. The van der Waals surface area contributed by atoms with Gasteiger partial charge in [-0.2, -0.15) is 0 Å². The molecule has 2 aromatic carbocycles. The number of ether oxygens (including phenoxy) is 1. The Morgan fingerprint density at radius 2 is 1.64 bits per heavy atom. The maximum Gasteiger partial charge on any atom is 0.188 e. The largest absolute Gasteiger partial charge is 0.471 e. The van der Waals surface area contributed by atoms with E-state index in [0.717, 1.165) is 68.3 Å². The number of furan rings is 1. The standard InChI is InChI=1S/C55H75N3O4S2/c1-34-24-54(22-19-38(25-54)37-14-15-42-17-18-44(59)27-55(42,60)26-37)50-53(3,62-50)21-20-48-46(34)28-52(48,2)43-16-13-36(23-43)49-33-64-63-32-41-8-5-4-7-35(41)11-12-39(29-57-51(56)58-49)45-10-6-9-40-30-61-31-47(40)45/h4-10,30-31,36-39,42-44,46,48-50,59-60H,1,11-29,32-33H2,2-3H3,(H3,56,57,58). The van der Waals surface area contributed by atoms with Gasteiger partial charge in [0, 0.05) is 52.6 Å². The molecule has 1 aromatic heterocycles. The molecule has 7 fully saturated rings. The minimum absolute atomic E-state index is 0.0199. The first-order valence-corrected chi connectivity index (χ1v) is 28.0. The van der Waals surface area contributed by atoms with E-state index >= 15 is 0 Å². The number of benzene rings is 2. The van der Waals surface area contributed by atoms with E-state index in [1.807, 2.05) is 34.1 Å². The van der Waals surface area contributed by atoms with Crippen LogP contribution in [0.3, 0.4) is 0 Å². The van der Waals surface area contributed by atoms with Crippen molar-refractivity contribution in [1.29, 1.82) is 0 Å². The van der Waals surface area contributed by atoms with Crippen molar-refractivity contribution in [3.05, 3.63) is 83.8 Å². The number of fused-ring (bicyclic) bond motifs is 6. The highest BCUT2D eigenvalue weighted by Gasteiger charge is 2.67. The second-order valence-corrected chi connectivity index (χ2v) is 25.8. The Morgan fingerprint density at radius 3 is 2.53 bits per heavy atom. The van der Waals surface area contributed by atoms with E-state index in [-0.39, 0.29) is 29.1 Å². The number of allylic oxidation sites excluding steroid dienone is 1. The van der Waals surface area contributed by atoms with Gasteiger partial charge in [-0.1, -0.05) is 83.1 Å². The zero-order chi connectivity index (χ0) is 43.8. The molecule has 15 atom stereocenters. The van der Waals surface area contributed by atoms with Gasteiger partial charge in [-0.3, -0.25) is 4.99 Å². The third-order valence-corrected chi connectivity index (χ3v) is 22.1. The summed E-state index contributed by atoms with van der Waals surface area (Å²) in [5.41, 5.74) is 12.4. The van der Waals surface area contributed by atoms with Crippen LogP contribution in [0.15, 0.2) is 76.6 Å². The van der Waals surface area contributed by atoms with E-state index in [9.17, 15) is 10.2 Å². The number of hydrogen-bond donors (Lipinski definition) is 4. The smallest absolute Gasteiger partial charge is 0.188 e. The first-order valence-electron chi connectivity index (χ1n) is 25.5. The van der Waals surface area contributed by atoms with Crippen LogP contribution >= 0.6 is 21.6 Å². The van der Waals surface area contributed by atoms with E-state index in [1.165, 1.54) is 85.4 Å². The Kier molecular flexibility index (Phi) is 11.9. The lowest BCUT2D eigenvalue weighted by atomic mass is 9.46. The van der Waals surface area contributed by atoms with Crippen molar-refractivity contribution in [3.8, 4) is 0 Å². The average Bonchev–Trinajstić information content (AvgIpc) is 3.74. The number of epoxide rings is 1. The zero-order valence-electron chi connectivity index (χ0n) is 38.7. The summed E-state index contributed by atoms with van der Waals surface area (Å²) in [5.74, 6) is 7.00. The molecule has 346 valence electrons. The molecule has 5 N–H and O–H groups in total. The molecule has 0 bridgehead atoms. The van der Waals surface area contributed by atoms with E-state index in [0.29, 0.717) is 71.9 Å². The summed E-state index contributed by atoms with van der Waals surface area (Å²) in [6.07, 6.45) is 23.8. The monoisotopic (exact) mass is 906 g/mol. The Balaban J connectivity index is 0.771. The van der Waals surface area contributed by atoms with Crippen LogP contribution in [-0.4, -0.2) is 57.9 Å². The van der Waals surface area contributed by atoms with Gasteiger partial charge in [0.05, 0.1) is 35.9 Å². The van der Waals surface area contributed by atoms with Crippen molar-refractivity contribution in [3.63, 3.8) is 0 Å². The van der Waals surface area contributed by atoms with Gasteiger partial charge < -0.3 is 30.4 Å². The van der Waals surface area contributed by atoms with Crippen LogP contribution in [0.5, 0.6) is 0 Å². The number of aliphatic hydroxyl groups is 2. The maximum absolute atomic E-state index is 11.8. The molecular formula is C55H75N3O4S2. The van der Waals surface area contributed by atoms with Gasteiger partial charge in [0.2, 0.25) is 0 Å². The predicted molar refractivity (Wildman–Crippen MR) is 263 cm³/mol. The van der Waals surface area contributed by atoms with E-state index in [1.54, 1.807) is 0 Å². The van der Waals surface area contributed by atoms with Crippen molar-refractivity contribution < 1.29 is 19.4 Å². The Bertz CT molecular complexity index is 2230. The Labute approximate surface area is 390 Å². The van der Waals surface area contributed by atoms with E-state index in [2.05, 4.69) is 61.6 Å². The number of guanidine groups is 1. The van der Waals surface area contributed by atoms with Crippen molar-refractivity contribution in [1.82, 2.24) is 5.32 Å². The lowest BCUT2D eigenvalue weighted by molar-refractivity contribution is -0.127. The normalized spacial score (nSPS) is 44.1. The molecule has 8 aliphatic rings. The highest BCUT2D eigenvalue weighted by molar-refractivity contribution is 8.76. The summed E-state index contributed by atoms with van der Waals surface area (Å²) in [6.45, 7) is 10.7. The molecule has 0 amide bonds. The minimum Gasteiger partial charge on any atom is -0.471 e. The molecule has 1 spiro atoms. The number of rotatable bonds is 4. The molecule has 1 saturated heterocycles. The van der Waals surface area contributed by atoms with E-state index in [4.69, 9.17) is 26.5 Å². The van der Waals surface area contributed by atoms with Crippen LogP contribution < -0.4 is 11.1 Å². The van der Waals surface area contributed by atoms with Gasteiger partial charge in [-0.15, -0.1) is 0 Å². The number of nitrogens with zero attached hydrogens (tertiary/aromatic N) is 1. The molecule has 11 rings (SSSR count). The number of aryl methyl sites for hydroxylation is 1. The molecule has 64 heavy (non-hydrogen) atoms. The van der Waals surface area contributed by atoms with Crippen LogP contribution in [0.25, 0.3) is 10.8 Å². The molecule has 15 unspecified atom stereocenters. The second kappa shape index (κ2) is 17.3. The van der Waals surface area contributed by atoms with Gasteiger partial charge >= 0.3 is 0 Å². The number of aliphatic imine (C=N–C) groups is 1. The van der Waals surface area contributed by atoms with Crippen LogP contribution in [0.1, 0.15) is 146 Å². The number of nitrogens with two attached hydrogens (primary N) is 1. The Morgan fingerprint density at radius 1 is 0.828 bits per heavy atom. The van der Waals surface area contributed by atoms with E-state index < -0.39 is 5.60 Å². The molecule has 0 radical (unpaired) electrons. The molecule has 6 aliphatic carbocycles. The summed E-state index contributed by atoms with van der Waals surface area (Å²) in [7, 11) is 4.00. The quantitative estimate of drug-likeness (QED) is 0.116. The highest BCUT2D eigenvalue weighted by Crippen LogP contribution is 2.69. The van der Waals surface area contributed by atoms with Crippen LogP contribution in [0.2, 0.25) is 0 Å². The third kappa shape index (κ3) is 8.13. The first-order chi connectivity index (χ1) is 30.9. The third-order valence-electron chi connectivity index (χ3n) is 19.7. The summed E-state index contributed by atoms with van der Waals surface area (Å²) in [6, 6.07) is 15.9. The van der Waals surface area contributed by atoms with Crippen molar-refractivity contribution >= 4 is 38.3 Å². The first kappa shape index (κ1) is 44.1.